The van der Waals surface area contributed by atoms with Crippen molar-refractivity contribution in [3.8, 4) is 0 Å². The van der Waals surface area contributed by atoms with E-state index in [2.05, 4.69) is 6.92 Å². The van der Waals surface area contributed by atoms with Crippen LogP contribution in [0.1, 0.15) is 32.6 Å². The molecule has 1 N–H and O–H groups in total. The molecule has 1 saturated carbocycles. The minimum absolute atomic E-state index is 0.358. The Morgan fingerprint density at radius 3 is 3.00 bits per heavy atom. The van der Waals surface area contributed by atoms with Crippen LogP contribution in [-0.2, 0) is 4.74 Å². The molecule has 2 fully saturated rings. The van der Waals surface area contributed by atoms with Crippen molar-refractivity contribution >= 4 is 0 Å². The summed E-state index contributed by atoms with van der Waals surface area (Å²) in [5, 5.41) is 9.17. The van der Waals surface area contributed by atoms with E-state index in [1.54, 1.807) is 0 Å². The summed E-state index contributed by atoms with van der Waals surface area (Å²) in [7, 11) is 0. The van der Waals surface area contributed by atoms with E-state index in [1.807, 2.05) is 0 Å². The van der Waals surface area contributed by atoms with Crippen LogP contribution in [0, 0.1) is 11.8 Å². The number of ether oxygens (including phenoxy) is 1. The van der Waals surface area contributed by atoms with E-state index in [9.17, 15) is 0 Å². The SMILES string of the molecule is C[C@@H]1C[C@@H]2[C@H](CO)CCC[C@H]2O1. The molecular formula is C10H18O2. The van der Waals surface area contributed by atoms with Gasteiger partial charge in [0.2, 0.25) is 0 Å². The summed E-state index contributed by atoms with van der Waals surface area (Å²) in [6.45, 7) is 2.50. The number of aliphatic hydroxyl groups is 1. The normalized spacial score (nSPS) is 47.5. The summed E-state index contributed by atoms with van der Waals surface area (Å²) in [6.07, 6.45) is 5.70. The highest BCUT2D eigenvalue weighted by Gasteiger charge is 2.39. The Morgan fingerprint density at radius 1 is 1.42 bits per heavy atom. The summed E-state index contributed by atoms with van der Waals surface area (Å²) in [6, 6.07) is 0. The summed E-state index contributed by atoms with van der Waals surface area (Å²) in [4.78, 5) is 0. The van der Waals surface area contributed by atoms with Crippen LogP contribution >= 0.6 is 0 Å². The summed E-state index contributed by atoms with van der Waals surface area (Å²) in [5.74, 6) is 1.17. The largest absolute Gasteiger partial charge is 0.396 e. The van der Waals surface area contributed by atoms with Crippen molar-refractivity contribution in [1.82, 2.24) is 0 Å². The quantitative estimate of drug-likeness (QED) is 0.647. The van der Waals surface area contributed by atoms with Crippen molar-refractivity contribution in [3.63, 3.8) is 0 Å². The van der Waals surface area contributed by atoms with Gasteiger partial charge in [0, 0.05) is 6.61 Å². The lowest BCUT2D eigenvalue weighted by Gasteiger charge is -2.31. The molecule has 1 aliphatic carbocycles. The van der Waals surface area contributed by atoms with Gasteiger partial charge in [0.1, 0.15) is 0 Å². The second kappa shape index (κ2) is 3.35. The van der Waals surface area contributed by atoms with Gasteiger partial charge in [0.25, 0.3) is 0 Å². The standard InChI is InChI=1S/C10H18O2/c1-7-5-9-8(6-11)3-2-4-10(9)12-7/h7-11H,2-6H2,1H3/t7-,8+,9-,10-/m1/s1. The summed E-state index contributed by atoms with van der Waals surface area (Å²) >= 11 is 0. The minimum atomic E-state index is 0.358. The molecule has 0 amide bonds. The van der Waals surface area contributed by atoms with E-state index in [0.29, 0.717) is 30.7 Å². The van der Waals surface area contributed by atoms with Gasteiger partial charge in [-0.05, 0) is 38.0 Å². The van der Waals surface area contributed by atoms with Crippen LogP contribution in [0.2, 0.25) is 0 Å². The maximum Gasteiger partial charge on any atom is 0.0611 e. The Bertz CT molecular complexity index is 152. The lowest BCUT2D eigenvalue weighted by atomic mass is 9.77. The molecule has 2 nitrogen and oxygen atoms in total. The highest BCUT2D eigenvalue weighted by molar-refractivity contribution is 4.88. The van der Waals surface area contributed by atoms with Crippen molar-refractivity contribution in [2.75, 3.05) is 6.61 Å². The molecule has 0 unspecified atom stereocenters. The van der Waals surface area contributed by atoms with Crippen LogP contribution in [0.3, 0.4) is 0 Å². The zero-order valence-corrected chi connectivity index (χ0v) is 7.70. The Balaban J connectivity index is 2.02. The first-order valence-electron chi connectivity index (χ1n) is 5.07. The number of hydrogen-bond acceptors (Lipinski definition) is 2. The molecular weight excluding hydrogens is 152 g/mol. The average molecular weight is 170 g/mol. The van der Waals surface area contributed by atoms with Gasteiger partial charge in [0.05, 0.1) is 12.2 Å². The zero-order valence-electron chi connectivity index (χ0n) is 7.70. The molecule has 0 aromatic rings. The van der Waals surface area contributed by atoms with E-state index in [4.69, 9.17) is 9.84 Å². The highest BCUT2D eigenvalue weighted by Crippen LogP contribution is 2.40. The van der Waals surface area contributed by atoms with Crippen molar-refractivity contribution < 1.29 is 9.84 Å². The van der Waals surface area contributed by atoms with E-state index in [0.717, 1.165) is 6.42 Å². The lowest BCUT2D eigenvalue weighted by molar-refractivity contribution is 0.00330. The monoisotopic (exact) mass is 170 g/mol. The predicted molar refractivity (Wildman–Crippen MR) is 46.9 cm³/mol. The van der Waals surface area contributed by atoms with Crippen LogP contribution in [0.4, 0.5) is 0 Å². The zero-order chi connectivity index (χ0) is 8.55. The number of fused-ring (bicyclic) bond motifs is 1. The summed E-state index contributed by atoms with van der Waals surface area (Å²) in [5.41, 5.74) is 0. The number of aliphatic hydroxyl groups excluding tert-OH is 1. The molecule has 1 aliphatic heterocycles. The van der Waals surface area contributed by atoms with E-state index in [1.165, 1.54) is 19.3 Å². The Morgan fingerprint density at radius 2 is 2.25 bits per heavy atom. The molecule has 70 valence electrons. The molecule has 0 aromatic carbocycles. The molecule has 4 atom stereocenters. The predicted octanol–water partition coefficient (Wildman–Crippen LogP) is 1.57. The Hall–Kier alpha value is -0.0800. The van der Waals surface area contributed by atoms with Gasteiger partial charge in [-0.3, -0.25) is 0 Å². The molecule has 0 aromatic heterocycles. The molecule has 2 aliphatic rings. The maximum atomic E-state index is 9.17. The van der Waals surface area contributed by atoms with E-state index in [-0.39, 0.29) is 0 Å². The molecule has 0 bridgehead atoms. The molecule has 0 radical (unpaired) electrons. The fourth-order valence-corrected chi connectivity index (χ4v) is 2.79. The summed E-state index contributed by atoms with van der Waals surface area (Å²) < 4.78 is 5.79. The maximum absolute atomic E-state index is 9.17. The van der Waals surface area contributed by atoms with Crippen molar-refractivity contribution in [2.24, 2.45) is 11.8 Å². The van der Waals surface area contributed by atoms with Gasteiger partial charge in [-0.1, -0.05) is 6.42 Å². The third-order valence-electron chi connectivity index (χ3n) is 3.39. The third-order valence-corrected chi connectivity index (χ3v) is 3.39. The van der Waals surface area contributed by atoms with Crippen molar-refractivity contribution in [1.29, 1.82) is 0 Å². The molecule has 2 rings (SSSR count). The molecule has 0 spiro atoms. The van der Waals surface area contributed by atoms with Crippen LogP contribution < -0.4 is 0 Å². The number of hydrogen-bond donors (Lipinski definition) is 1. The molecule has 1 heterocycles. The van der Waals surface area contributed by atoms with Gasteiger partial charge in [-0.15, -0.1) is 0 Å². The Kier molecular flexibility index (Phi) is 2.37. The first-order valence-corrected chi connectivity index (χ1v) is 5.07. The molecule has 1 saturated heterocycles. The smallest absolute Gasteiger partial charge is 0.0611 e. The first-order chi connectivity index (χ1) is 5.81. The molecule has 2 heteroatoms. The van der Waals surface area contributed by atoms with Gasteiger partial charge < -0.3 is 9.84 Å². The Labute approximate surface area is 73.9 Å². The highest BCUT2D eigenvalue weighted by atomic mass is 16.5. The fourth-order valence-electron chi connectivity index (χ4n) is 2.79. The first kappa shape index (κ1) is 8.52. The van der Waals surface area contributed by atoms with Crippen LogP contribution in [0.15, 0.2) is 0 Å². The van der Waals surface area contributed by atoms with Gasteiger partial charge in [-0.2, -0.15) is 0 Å². The average Bonchev–Trinajstić information content (AvgIpc) is 2.44. The van der Waals surface area contributed by atoms with Crippen LogP contribution in [0.25, 0.3) is 0 Å². The van der Waals surface area contributed by atoms with Gasteiger partial charge >= 0.3 is 0 Å². The second-order valence-corrected chi connectivity index (χ2v) is 4.26. The molecule has 12 heavy (non-hydrogen) atoms. The number of rotatable bonds is 1. The minimum Gasteiger partial charge on any atom is -0.396 e. The van der Waals surface area contributed by atoms with Gasteiger partial charge in [0.15, 0.2) is 0 Å². The second-order valence-electron chi connectivity index (χ2n) is 4.26. The fraction of sp³-hybridized carbons (Fsp3) is 1.00. The van der Waals surface area contributed by atoms with Crippen molar-refractivity contribution in [3.05, 3.63) is 0 Å². The topological polar surface area (TPSA) is 29.5 Å². The van der Waals surface area contributed by atoms with E-state index >= 15 is 0 Å². The van der Waals surface area contributed by atoms with Crippen molar-refractivity contribution in [2.45, 2.75) is 44.8 Å². The third kappa shape index (κ3) is 1.38. The van der Waals surface area contributed by atoms with Gasteiger partial charge in [-0.25, -0.2) is 0 Å². The van der Waals surface area contributed by atoms with E-state index < -0.39 is 0 Å². The van der Waals surface area contributed by atoms with Crippen LogP contribution in [-0.4, -0.2) is 23.9 Å². The van der Waals surface area contributed by atoms with Crippen LogP contribution in [0.5, 0.6) is 0 Å². The lowest BCUT2D eigenvalue weighted by Crippen LogP contribution is -2.30.